The molecule has 2 heterocycles. The number of thiophene rings is 1. The van der Waals surface area contributed by atoms with Gasteiger partial charge in [0.2, 0.25) is 0 Å². The smallest absolute Gasteiger partial charge is 0.261 e. The Morgan fingerprint density at radius 1 is 1.25 bits per heavy atom. The number of thiazole rings is 1. The van der Waals surface area contributed by atoms with Crippen LogP contribution in [0, 0.1) is 0 Å². The second-order valence-electron chi connectivity index (χ2n) is 3.99. The number of halogens is 2. The van der Waals surface area contributed by atoms with Crippen LogP contribution in [0.1, 0.15) is 14.7 Å². The van der Waals surface area contributed by atoms with E-state index in [4.69, 9.17) is 0 Å². The van der Waals surface area contributed by atoms with Crippen LogP contribution >= 0.6 is 54.5 Å². The lowest BCUT2D eigenvalue weighted by Gasteiger charge is -1.99. The van der Waals surface area contributed by atoms with Gasteiger partial charge in [0, 0.05) is 4.47 Å². The molecule has 0 unspecified atom stereocenters. The highest BCUT2D eigenvalue weighted by Crippen LogP contribution is 2.32. The minimum absolute atomic E-state index is 0.0827. The molecule has 1 N–H and O–H groups in total. The maximum atomic E-state index is 12.0. The van der Waals surface area contributed by atoms with Crippen LogP contribution in [0.15, 0.2) is 38.6 Å². The van der Waals surface area contributed by atoms with E-state index in [1.807, 2.05) is 30.3 Å². The summed E-state index contributed by atoms with van der Waals surface area (Å²) in [5, 5.41) is 3.81. The third-order valence-corrected chi connectivity index (χ3v) is 6.90. The van der Waals surface area contributed by atoms with Gasteiger partial charge in [0.25, 0.3) is 5.91 Å². The van der Waals surface area contributed by atoms with E-state index in [9.17, 15) is 4.79 Å². The number of aromatic nitrogens is 1. The summed E-state index contributed by atoms with van der Waals surface area (Å²) in [5.41, 5.74) is 0.975. The highest BCUT2D eigenvalue weighted by molar-refractivity contribution is 9.13. The fourth-order valence-electron chi connectivity index (χ4n) is 1.70. The summed E-state index contributed by atoms with van der Waals surface area (Å²) in [6.45, 7) is 0.450. The van der Waals surface area contributed by atoms with Gasteiger partial charge in [-0.2, -0.15) is 0 Å². The average molecular weight is 432 g/mol. The Kier molecular flexibility index (Phi) is 4.21. The van der Waals surface area contributed by atoms with Gasteiger partial charge in [-0.15, -0.1) is 22.7 Å². The Hall–Kier alpha value is -0.760. The third-order valence-electron chi connectivity index (χ3n) is 2.61. The number of para-hydroxylation sites is 1. The number of carbonyl (C=O) groups is 1. The summed E-state index contributed by atoms with van der Waals surface area (Å²) in [7, 11) is 0. The standard InChI is InChI=1S/C13H8Br2N2OS2/c14-7-5-10(20-12(7)15)13(18)16-6-11-17-8-3-1-2-4-9(8)19-11/h1-5H,6H2,(H,16,18). The van der Waals surface area contributed by atoms with Gasteiger partial charge in [-0.1, -0.05) is 12.1 Å². The Labute approximate surface area is 140 Å². The first-order valence-electron chi connectivity index (χ1n) is 5.71. The summed E-state index contributed by atoms with van der Waals surface area (Å²) in [6.07, 6.45) is 0. The molecule has 0 bridgehead atoms. The van der Waals surface area contributed by atoms with Gasteiger partial charge in [-0.25, -0.2) is 4.98 Å². The molecule has 3 nitrogen and oxygen atoms in total. The first-order valence-corrected chi connectivity index (χ1v) is 8.93. The summed E-state index contributed by atoms with van der Waals surface area (Å²) >= 11 is 9.77. The molecule has 20 heavy (non-hydrogen) atoms. The molecule has 0 aliphatic rings. The van der Waals surface area contributed by atoms with Crippen LogP contribution in [-0.4, -0.2) is 10.9 Å². The van der Waals surface area contributed by atoms with Crippen molar-refractivity contribution in [2.75, 3.05) is 0 Å². The van der Waals surface area contributed by atoms with Crippen molar-refractivity contribution in [3.05, 3.63) is 48.5 Å². The molecule has 0 radical (unpaired) electrons. The largest absolute Gasteiger partial charge is 0.345 e. The van der Waals surface area contributed by atoms with Crippen LogP contribution in [0.2, 0.25) is 0 Å². The average Bonchev–Trinajstić information content (AvgIpc) is 3.00. The van der Waals surface area contributed by atoms with Crippen molar-refractivity contribution in [2.45, 2.75) is 6.54 Å². The number of nitrogens with one attached hydrogen (secondary N) is 1. The summed E-state index contributed by atoms with van der Waals surface area (Å²) in [6, 6.07) is 9.77. The van der Waals surface area contributed by atoms with Crippen molar-refractivity contribution in [3.8, 4) is 0 Å². The Balaban J connectivity index is 1.71. The molecular weight excluding hydrogens is 424 g/mol. The van der Waals surface area contributed by atoms with Crippen molar-refractivity contribution in [2.24, 2.45) is 0 Å². The second kappa shape index (κ2) is 5.93. The third kappa shape index (κ3) is 2.95. The maximum absolute atomic E-state index is 12.0. The van der Waals surface area contributed by atoms with Gasteiger partial charge >= 0.3 is 0 Å². The SMILES string of the molecule is O=C(NCc1nc2ccccc2s1)c1cc(Br)c(Br)s1. The number of hydrogen-bond acceptors (Lipinski definition) is 4. The van der Waals surface area contributed by atoms with Crippen molar-refractivity contribution < 1.29 is 4.79 Å². The molecule has 0 atom stereocenters. The van der Waals surface area contributed by atoms with E-state index >= 15 is 0 Å². The van der Waals surface area contributed by atoms with Crippen molar-refractivity contribution in [1.82, 2.24) is 10.3 Å². The molecule has 3 rings (SSSR count). The zero-order valence-electron chi connectivity index (χ0n) is 10.0. The van der Waals surface area contributed by atoms with Crippen LogP contribution in [0.4, 0.5) is 0 Å². The molecule has 0 saturated carbocycles. The highest BCUT2D eigenvalue weighted by Gasteiger charge is 2.12. The zero-order valence-corrected chi connectivity index (χ0v) is 14.8. The number of hydrogen-bond donors (Lipinski definition) is 1. The monoisotopic (exact) mass is 430 g/mol. The topological polar surface area (TPSA) is 42.0 Å². The van der Waals surface area contributed by atoms with E-state index < -0.39 is 0 Å². The van der Waals surface area contributed by atoms with E-state index in [2.05, 4.69) is 42.2 Å². The summed E-state index contributed by atoms with van der Waals surface area (Å²) in [4.78, 5) is 17.2. The highest BCUT2D eigenvalue weighted by atomic mass is 79.9. The van der Waals surface area contributed by atoms with E-state index in [1.54, 1.807) is 11.3 Å². The van der Waals surface area contributed by atoms with Gasteiger partial charge in [0.1, 0.15) is 5.01 Å². The van der Waals surface area contributed by atoms with Crippen LogP contribution in [0.5, 0.6) is 0 Å². The molecule has 7 heteroatoms. The number of nitrogens with zero attached hydrogens (tertiary/aromatic N) is 1. The fraction of sp³-hybridized carbons (Fsp3) is 0.0769. The molecule has 1 aromatic carbocycles. The fourth-order valence-corrected chi connectivity index (χ4v) is 4.56. The van der Waals surface area contributed by atoms with Crippen LogP contribution in [-0.2, 0) is 6.54 Å². The molecular formula is C13H8Br2N2OS2. The van der Waals surface area contributed by atoms with E-state index in [1.165, 1.54) is 11.3 Å². The molecule has 0 aliphatic heterocycles. The number of amides is 1. The predicted molar refractivity (Wildman–Crippen MR) is 90.5 cm³/mol. The first-order chi connectivity index (χ1) is 9.63. The van der Waals surface area contributed by atoms with Gasteiger partial charge in [-0.05, 0) is 50.1 Å². The number of rotatable bonds is 3. The van der Waals surface area contributed by atoms with E-state index in [0.29, 0.717) is 11.4 Å². The lowest BCUT2D eigenvalue weighted by atomic mass is 10.3. The Morgan fingerprint density at radius 3 is 2.75 bits per heavy atom. The second-order valence-corrected chi connectivity index (χ2v) is 8.33. The lowest BCUT2D eigenvalue weighted by Crippen LogP contribution is -2.21. The summed E-state index contributed by atoms with van der Waals surface area (Å²) in [5.74, 6) is -0.0827. The Bertz CT molecular complexity index is 729. The van der Waals surface area contributed by atoms with Crippen molar-refractivity contribution in [3.63, 3.8) is 0 Å². The number of carbonyl (C=O) groups excluding carboxylic acids is 1. The van der Waals surface area contributed by atoms with Gasteiger partial charge in [0.15, 0.2) is 0 Å². The van der Waals surface area contributed by atoms with E-state index in [-0.39, 0.29) is 5.91 Å². The van der Waals surface area contributed by atoms with Crippen molar-refractivity contribution >= 4 is 70.7 Å². The normalized spacial score (nSPS) is 10.9. The van der Waals surface area contributed by atoms with Gasteiger partial charge in [0.05, 0.1) is 25.4 Å². The zero-order chi connectivity index (χ0) is 14.1. The Morgan fingerprint density at radius 2 is 2.05 bits per heavy atom. The number of fused-ring (bicyclic) bond motifs is 1. The van der Waals surface area contributed by atoms with Crippen molar-refractivity contribution in [1.29, 1.82) is 0 Å². The minimum atomic E-state index is -0.0827. The molecule has 3 aromatic rings. The molecule has 0 spiro atoms. The minimum Gasteiger partial charge on any atom is -0.345 e. The number of benzene rings is 1. The molecule has 0 aliphatic carbocycles. The lowest BCUT2D eigenvalue weighted by molar-refractivity contribution is 0.0955. The quantitative estimate of drug-likeness (QED) is 0.646. The van der Waals surface area contributed by atoms with Gasteiger partial charge in [-0.3, -0.25) is 4.79 Å². The summed E-state index contributed by atoms with van der Waals surface area (Å²) < 4.78 is 2.95. The predicted octanol–water partition coefficient (Wildman–Crippen LogP) is 4.81. The van der Waals surface area contributed by atoms with Crippen LogP contribution in [0.25, 0.3) is 10.2 Å². The van der Waals surface area contributed by atoms with Crippen LogP contribution in [0.3, 0.4) is 0 Å². The molecule has 0 saturated heterocycles. The maximum Gasteiger partial charge on any atom is 0.261 e. The van der Waals surface area contributed by atoms with E-state index in [0.717, 1.165) is 23.5 Å². The molecule has 102 valence electrons. The van der Waals surface area contributed by atoms with Gasteiger partial charge < -0.3 is 5.32 Å². The molecule has 0 fully saturated rings. The molecule has 1 amide bonds. The molecule has 2 aromatic heterocycles. The van der Waals surface area contributed by atoms with Crippen LogP contribution < -0.4 is 5.32 Å². The first kappa shape index (κ1) is 14.2.